The average molecular weight is 262 g/mol. The van der Waals surface area contributed by atoms with Gasteiger partial charge in [-0.3, -0.25) is 4.90 Å². The lowest BCUT2D eigenvalue weighted by atomic mass is 9.88. The highest BCUT2D eigenvalue weighted by molar-refractivity contribution is 5.35. The maximum absolute atomic E-state index is 5.48. The largest absolute Gasteiger partial charge is 0.496 e. The molecule has 1 fully saturated rings. The molecule has 1 atom stereocenters. The zero-order chi connectivity index (χ0) is 13.9. The molecular formula is C16H26N2O. The summed E-state index contributed by atoms with van der Waals surface area (Å²) in [5, 5.41) is 3.45. The minimum Gasteiger partial charge on any atom is -0.496 e. The summed E-state index contributed by atoms with van der Waals surface area (Å²) in [5.74, 6) is 0.997. The monoisotopic (exact) mass is 262 g/mol. The van der Waals surface area contributed by atoms with Crippen LogP contribution < -0.4 is 10.1 Å². The van der Waals surface area contributed by atoms with Crippen LogP contribution in [0.1, 0.15) is 38.3 Å². The fourth-order valence-corrected chi connectivity index (χ4v) is 2.86. The van der Waals surface area contributed by atoms with Crippen molar-refractivity contribution in [1.29, 1.82) is 0 Å². The Hall–Kier alpha value is -1.06. The van der Waals surface area contributed by atoms with Crippen molar-refractivity contribution in [3.05, 3.63) is 29.8 Å². The van der Waals surface area contributed by atoms with Gasteiger partial charge in [-0.25, -0.2) is 0 Å². The van der Waals surface area contributed by atoms with Gasteiger partial charge in [-0.1, -0.05) is 18.2 Å². The molecule has 1 N–H and O–H groups in total. The Morgan fingerprint density at radius 3 is 2.47 bits per heavy atom. The highest BCUT2D eigenvalue weighted by Gasteiger charge is 2.31. The molecule has 1 aromatic carbocycles. The fourth-order valence-electron chi connectivity index (χ4n) is 2.86. The summed E-state index contributed by atoms with van der Waals surface area (Å²) in [6, 6.07) is 8.76. The molecule has 0 saturated carbocycles. The van der Waals surface area contributed by atoms with E-state index in [0.29, 0.717) is 11.6 Å². The first-order valence-electron chi connectivity index (χ1n) is 7.15. The first-order chi connectivity index (χ1) is 9.09. The van der Waals surface area contributed by atoms with Crippen LogP contribution in [0.15, 0.2) is 24.3 Å². The quantitative estimate of drug-likeness (QED) is 0.903. The highest BCUT2D eigenvalue weighted by Crippen LogP contribution is 2.32. The Bertz CT molecular complexity index is 411. The summed E-state index contributed by atoms with van der Waals surface area (Å²) in [6.07, 6.45) is 2.39. The van der Waals surface area contributed by atoms with Gasteiger partial charge < -0.3 is 10.1 Å². The number of nitrogens with one attached hydrogen (secondary N) is 1. The number of ether oxygens (including phenoxy) is 1. The number of methoxy groups -OCH3 is 1. The number of rotatable bonds is 4. The maximum atomic E-state index is 5.48. The van der Waals surface area contributed by atoms with Crippen LogP contribution in [0, 0.1) is 0 Å². The summed E-state index contributed by atoms with van der Waals surface area (Å²) >= 11 is 0. The molecule has 1 aromatic rings. The predicted octanol–water partition coefficient (Wildman–Crippen LogP) is 2.83. The van der Waals surface area contributed by atoms with E-state index >= 15 is 0 Å². The molecule has 3 heteroatoms. The van der Waals surface area contributed by atoms with Crippen molar-refractivity contribution < 1.29 is 4.74 Å². The van der Waals surface area contributed by atoms with Crippen molar-refractivity contribution >= 4 is 0 Å². The first kappa shape index (κ1) is 14.4. The van der Waals surface area contributed by atoms with Gasteiger partial charge in [-0.05, 0) is 39.8 Å². The number of piperidine rings is 1. The van der Waals surface area contributed by atoms with Gasteiger partial charge >= 0.3 is 0 Å². The van der Waals surface area contributed by atoms with Gasteiger partial charge in [0.25, 0.3) is 0 Å². The van der Waals surface area contributed by atoms with Crippen molar-refractivity contribution in [2.75, 3.05) is 27.2 Å². The van der Waals surface area contributed by atoms with Crippen LogP contribution in [0.3, 0.4) is 0 Å². The zero-order valence-electron chi connectivity index (χ0n) is 12.6. The Balaban J connectivity index is 2.07. The van der Waals surface area contributed by atoms with Crippen LogP contribution in [0.25, 0.3) is 0 Å². The second kappa shape index (κ2) is 5.93. The molecule has 0 aliphatic carbocycles. The molecule has 0 amide bonds. The second-order valence-corrected chi connectivity index (χ2v) is 5.76. The van der Waals surface area contributed by atoms with Crippen LogP contribution >= 0.6 is 0 Å². The van der Waals surface area contributed by atoms with Gasteiger partial charge in [-0.15, -0.1) is 0 Å². The average Bonchev–Trinajstić information content (AvgIpc) is 2.47. The van der Waals surface area contributed by atoms with Gasteiger partial charge in [0.1, 0.15) is 5.75 Å². The summed E-state index contributed by atoms with van der Waals surface area (Å²) in [7, 11) is 3.82. The van der Waals surface area contributed by atoms with E-state index in [0.717, 1.165) is 18.8 Å². The molecule has 2 rings (SSSR count). The van der Waals surface area contributed by atoms with Crippen LogP contribution in [0.5, 0.6) is 5.75 Å². The fraction of sp³-hybridized carbons (Fsp3) is 0.625. The second-order valence-electron chi connectivity index (χ2n) is 5.76. The third kappa shape index (κ3) is 3.10. The van der Waals surface area contributed by atoms with Crippen molar-refractivity contribution in [3.8, 4) is 5.75 Å². The molecular weight excluding hydrogens is 236 g/mol. The molecule has 19 heavy (non-hydrogen) atoms. The van der Waals surface area contributed by atoms with Crippen LogP contribution in [0.2, 0.25) is 0 Å². The molecule has 1 aliphatic rings. The van der Waals surface area contributed by atoms with E-state index in [4.69, 9.17) is 4.74 Å². The van der Waals surface area contributed by atoms with E-state index in [1.54, 1.807) is 7.11 Å². The van der Waals surface area contributed by atoms with E-state index in [1.165, 1.54) is 18.4 Å². The van der Waals surface area contributed by atoms with E-state index in [9.17, 15) is 0 Å². The van der Waals surface area contributed by atoms with Gasteiger partial charge in [0, 0.05) is 30.2 Å². The third-order valence-corrected chi connectivity index (χ3v) is 4.64. The van der Waals surface area contributed by atoms with E-state index in [-0.39, 0.29) is 0 Å². The van der Waals surface area contributed by atoms with Crippen LogP contribution in [-0.4, -0.2) is 37.7 Å². The van der Waals surface area contributed by atoms with Gasteiger partial charge in [0.05, 0.1) is 7.11 Å². The molecule has 1 unspecified atom stereocenters. The van der Waals surface area contributed by atoms with Crippen LogP contribution in [-0.2, 0) is 0 Å². The molecule has 1 aliphatic heterocycles. The SMILES string of the molecule is CNC1(C)CCN(C(C)c2ccccc2OC)CC1. The first-order valence-corrected chi connectivity index (χ1v) is 7.15. The Morgan fingerprint density at radius 2 is 1.89 bits per heavy atom. The molecule has 0 spiro atoms. The number of para-hydroxylation sites is 1. The summed E-state index contributed by atoms with van der Waals surface area (Å²) in [4.78, 5) is 2.55. The maximum Gasteiger partial charge on any atom is 0.123 e. The molecule has 0 aromatic heterocycles. The molecule has 106 valence electrons. The van der Waals surface area contributed by atoms with Crippen molar-refractivity contribution in [3.63, 3.8) is 0 Å². The molecule has 1 saturated heterocycles. The molecule has 0 bridgehead atoms. The van der Waals surface area contributed by atoms with E-state index in [2.05, 4.69) is 43.2 Å². The number of likely N-dealkylation sites (tertiary alicyclic amines) is 1. The lowest BCUT2D eigenvalue weighted by Crippen LogP contribution is -2.50. The smallest absolute Gasteiger partial charge is 0.123 e. The normalized spacial score (nSPS) is 21.1. The summed E-state index contributed by atoms with van der Waals surface area (Å²) in [6.45, 7) is 6.87. The lowest BCUT2D eigenvalue weighted by molar-refractivity contribution is 0.116. The Morgan fingerprint density at radius 1 is 1.26 bits per heavy atom. The molecule has 0 radical (unpaired) electrons. The molecule has 1 heterocycles. The number of hydrogen-bond acceptors (Lipinski definition) is 3. The third-order valence-electron chi connectivity index (χ3n) is 4.64. The minimum absolute atomic E-state index is 0.303. The van der Waals surface area contributed by atoms with Gasteiger partial charge in [0.15, 0.2) is 0 Å². The van der Waals surface area contributed by atoms with Gasteiger partial charge in [0.2, 0.25) is 0 Å². The highest BCUT2D eigenvalue weighted by atomic mass is 16.5. The van der Waals surface area contributed by atoms with Crippen molar-refractivity contribution in [1.82, 2.24) is 10.2 Å². The lowest BCUT2D eigenvalue weighted by Gasteiger charge is -2.42. The minimum atomic E-state index is 0.303. The summed E-state index contributed by atoms with van der Waals surface area (Å²) < 4.78 is 5.48. The van der Waals surface area contributed by atoms with E-state index < -0.39 is 0 Å². The van der Waals surface area contributed by atoms with E-state index in [1.807, 2.05) is 12.1 Å². The van der Waals surface area contributed by atoms with Crippen molar-refractivity contribution in [2.24, 2.45) is 0 Å². The van der Waals surface area contributed by atoms with Gasteiger partial charge in [-0.2, -0.15) is 0 Å². The van der Waals surface area contributed by atoms with Crippen LogP contribution in [0.4, 0.5) is 0 Å². The summed E-state index contributed by atoms with van der Waals surface area (Å²) in [5.41, 5.74) is 1.59. The number of benzene rings is 1. The number of nitrogens with zero attached hydrogens (tertiary/aromatic N) is 1. The van der Waals surface area contributed by atoms with Crippen molar-refractivity contribution in [2.45, 2.75) is 38.3 Å². The Labute approximate surface area is 116 Å². The number of hydrogen-bond donors (Lipinski definition) is 1. The predicted molar refractivity (Wildman–Crippen MR) is 79.7 cm³/mol. The topological polar surface area (TPSA) is 24.5 Å². The standard InChI is InChI=1S/C16H26N2O/c1-13(14-7-5-6-8-15(14)19-4)18-11-9-16(2,17-3)10-12-18/h5-8,13,17H,9-12H2,1-4H3. The zero-order valence-corrected chi connectivity index (χ0v) is 12.6. The Kier molecular flexibility index (Phi) is 4.48. The molecule has 3 nitrogen and oxygen atoms in total.